The first-order chi connectivity index (χ1) is 7.93. The molecule has 3 rings (SSSR count). The summed E-state index contributed by atoms with van der Waals surface area (Å²) in [5.41, 5.74) is 3.42. The highest BCUT2D eigenvalue weighted by Crippen LogP contribution is 2.25. The van der Waals surface area contributed by atoms with E-state index in [2.05, 4.69) is 39.4 Å². The number of aromatic amines is 1. The van der Waals surface area contributed by atoms with Crippen LogP contribution in [0, 0.1) is 0 Å². The molecule has 0 saturated carbocycles. The van der Waals surface area contributed by atoms with Crippen molar-refractivity contribution in [1.29, 1.82) is 0 Å². The van der Waals surface area contributed by atoms with Crippen LogP contribution in [0.2, 0.25) is 0 Å². The molecule has 0 radical (unpaired) electrons. The molecule has 0 aliphatic carbocycles. The van der Waals surface area contributed by atoms with Crippen molar-refractivity contribution in [3.63, 3.8) is 0 Å². The molecular weight excluding hydrogens is 218 g/mol. The lowest BCUT2D eigenvalue weighted by Crippen LogP contribution is -1.77. The van der Waals surface area contributed by atoms with Gasteiger partial charge in [-0.3, -0.25) is 5.10 Å². The minimum Gasteiger partial charge on any atom is -0.285 e. The van der Waals surface area contributed by atoms with E-state index in [4.69, 9.17) is 0 Å². The third-order valence-electron chi connectivity index (χ3n) is 2.40. The van der Waals surface area contributed by atoms with E-state index in [1.165, 1.54) is 0 Å². The average molecular weight is 227 g/mol. The number of nitrogens with one attached hydrogen (secondary N) is 1. The number of aromatic nitrogens is 3. The number of rotatable bonds is 2. The SMILES string of the molecule is c1csc(-c2ccc(-c3cn[nH]c3)cc2)n1. The van der Waals surface area contributed by atoms with Gasteiger partial charge in [0.2, 0.25) is 0 Å². The fourth-order valence-electron chi connectivity index (χ4n) is 1.58. The quantitative estimate of drug-likeness (QED) is 0.730. The molecule has 0 aliphatic heterocycles. The zero-order chi connectivity index (χ0) is 10.8. The monoisotopic (exact) mass is 227 g/mol. The first-order valence-corrected chi connectivity index (χ1v) is 5.80. The third-order valence-corrected chi connectivity index (χ3v) is 3.22. The Morgan fingerprint density at radius 2 is 1.81 bits per heavy atom. The van der Waals surface area contributed by atoms with Gasteiger partial charge in [0.15, 0.2) is 0 Å². The van der Waals surface area contributed by atoms with Crippen molar-refractivity contribution >= 4 is 11.3 Å². The highest BCUT2D eigenvalue weighted by atomic mass is 32.1. The van der Waals surface area contributed by atoms with Gasteiger partial charge in [0.25, 0.3) is 0 Å². The van der Waals surface area contributed by atoms with E-state index in [1.54, 1.807) is 11.3 Å². The van der Waals surface area contributed by atoms with Gasteiger partial charge in [0.1, 0.15) is 5.01 Å². The normalized spacial score (nSPS) is 10.5. The smallest absolute Gasteiger partial charge is 0.123 e. The molecule has 0 bridgehead atoms. The van der Waals surface area contributed by atoms with Crippen molar-refractivity contribution in [1.82, 2.24) is 15.2 Å². The molecule has 3 aromatic rings. The summed E-state index contributed by atoms with van der Waals surface area (Å²) in [7, 11) is 0. The predicted octanol–water partition coefficient (Wildman–Crippen LogP) is 3.20. The van der Waals surface area contributed by atoms with Crippen molar-refractivity contribution in [2.45, 2.75) is 0 Å². The molecule has 16 heavy (non-hydrogen) atoms. The Labute approximate surface area is 96.8 Å². The van der Waals surface area contributed by atoms with Crippen molar-refractivity contribution in [2.24, 2.45) is 0 Å². The molecule has 2 heterocycles. The second-order valence-corrected chi connectivity index (χ2v) is 4.30. The number of nitrogens with zero attached hydrogens (tertiary/aromatic N) is 2. The van der Waals surface area contributed by atoms with Crippen molar-refractivity contribution in [2.75, 3.05) is 0 Å². The van der Waals surface area contributed by atoms with Gasteiger partial charge in [0, 0.05) is 28.9 Å². The number of thiazole rings is 1. The number of hydrogen-bond acceptors (Lipinski definition) is 3. The van der Waals surface area contributed by atoms with E-state index in [-0.39, 0.29) is 0 Å². The molecule has 0 aliphatic rings. The zero-order valence-corrected chi connectivity index (χ0v) is 9.24. The molecular formula is C12H9N3S. The molecule has 1 N–H and O–H groups in total. The first-order valence-electron chi connectivity index (χ1n) is 4.92. The summed E-state index contributed by atoms with van der Waals surface area (Å²) in [6.07, 6.45) is 5.53. The van der Waals surface area contributed by atoms with E-state index in [0.29, 0.717) is 0 Å². The summed E-state index contributed by atoms with van der Waals surface area (Å²) < 4.78 is 0. The number of H-pyrrole nitrogens is 1. The topological polar surface area (TPSA) is 41.6 Å². The van der Waals surface area contributed by atoms with Gasteiger partial charge in [-0.2, -0.15) is 5.10 Å². The molecule has 2 aromatic heterocycles. The van der Waals surface area contributed by atoms with Gasteiger partial charge in [0.05, 0.1) is 6.20 Å². The summed E-state index contributed by atoms with van der Waals surface area (Å²) in [6, 6.07) is 8.34. The molecule has 1 aromatic carbocycles. The van der Waals surface area contributed by atoms with Crippen LogP contribution < -0.4 is 0 Å². The molecule has 78 valence electrons. The minimum absolute atomic E-state index is 1.05. The van der Waals surface area contributed by atoms with Crippen LogP contribution in [0.3, 0.4) is 0 Å². The van der Waals surface area contributed by atoms with Crippen molar-refractivity contribution in [3.8, 4) is 21.7 Å². The predicted molar refractivity (Wildman–Crippen MR) is 65.1 cm³/mol. The van der Waals surface area contributed by atoms with E-state index in [9.17, 15) is 0 Å². The van der Waals surface area contributed by atoms with Crippen LogP contribution in [0.4, 0.5) is 0 Å². The first kappa shape index (κ1) is 9.30. The zero-order valence-electron chi connectivity index (χ0n) is 8.42. The molecule has 3 nitrogen and oxygen atoms in total. The van der Waals surface area contributed by atoms with E-state index >= 15 is 0 Å². The summed E-state index contributed by atoms with van der Waals surface area (Å²) >= 11 is 1.65. The van der Waals surface area contributed by atoms with Crippen LogP contribution in [0.15, 0.2) is 48.2 Å². The highest BCUT2D eigenvalue weighted by Gasteiger charge is 2.02. The molecule has 0 saturated heterocycles. The Morgan fingerprint density at radius 3 is 2.44 bits per heavy atom. The fourth-order valence-corrected chi connectivity index (χ4v) is 2.22. The van der Waals surface area contributed by atoms with E-state index in [1.807, 2.05) is 24.0 Å². The Kier molecular flexibility index (Phi) is 2.27. The van der Waals surface area contributed by atoms with Crippen LogP contribution in [0.1, 0.15) is 0 Å². The maximum atomic E-state index is 4.28. The Bertz CT molecular complexity index is 500. The van der Waals surface area contributed by atoms with E-state index in [0.717, 1.165) is 21.7 Å². The van der Waals surface area contributed by atoms with Crippen molar-refractivity contribution < 1.29 is 0 Å². The summed E-state index contributed by atoms with van der Waals surface area (Å²) in [5.74, 6) is 0. The number of hydrogen-bond donors (Lipinski definition) is 1. The standard InChI is InChI=1S/C12H9N3S/c1-3-10(12-13-5-6-16-12)4-2-9(1)11-7-14-15-8-11/h1-8H,(H,14,15). The number of benzene rings is 1. The second kappa shape index (κ2) is 3.90. The molecule has 4 heteroatoms. The lowest BCUT2D eigenvalue weighted by molar-refractivity contribution is 1.09. The van der Waals surface area contributed by atoms with Crippen LogP contribution in [0.5, 0.6) is 0 Å². The van der Waals surface area contributed by atoms with Gasteiger partial charge in [-0.05, 0) is 5.56 Å². The Hall–Kier alpha value is -1.94. The lowest BCUT2D eigenvalue weighted by Gasteiger charge is -1.99. The Balaban J connectivity index is 1.97. The summed E-state index contributed by atoms with van der Waals surface area (Å²) in [5, 5.41) is 9.79. The molecule has 0 amide bonds. The van der Waals surface area contributed by atoms with Gasteiger partial charge in [-0.1, -0.05) is 24.3 Å². The summed E-state index contributed by atoms with van der Waals surface area (Å²) in [4.78, 5) is 4.28. The lowest BCUT2D eigenvalue weighted by atomic mass is 10.1. The second-order valence-electron chi connectivity index (χ2n) is 3.40. The fraction of sp³-hybridized carbons (Fsp3) is 0. The molecule has 0 atom stereocenters. The van der Waals surface area contributed by atoms with Crippen molar-refractivity contribution in [3.05, 3.63) is 48.2 Å². The maximum Gasteiger partial charge on any atom is 0.123 e. The van der Waals surface area contributed by atoms with Gasteiger partial charge >= 0.3 is 0 Å². The maximum absolute atomic E-state index is 4.28. The molecule has 0 spiro atoms. The molecule has 0 unspecified atom stereocenters. The third kappa shape index (κ3) is 1.63. The van der Waals surface area contributed by atoms with Crippen LogP contribution in [-0.2, 0) is 0 Å². The van der Waals surface area contributed by atoms with Gasteiger partial charge in [-0.15, -0.1) is 11.3 Å². The molecule has 0 fully saturated rings. The van der Waals surface area contributed by atoms with E-state index < -0.39 is 0 Å². The Morgan fingerprint density at radius 1 is 1.00 bits per heavy atom. The van der Waals surface area contributed by atoms with Gasteiger partial charge < -0.3 is 0 Å². The minimum atomic E-state index is 1.05. The van der Waals surface area contributed by atoms with Crippen LogP contribution in [-0.4, -0.2) is 15.2 Å². The van der Waals surface area contributed by atoms with Crippen LogP contribution in [0.25, 0.3) is 21.7 Å². The largest absolute Gasteiger partial charge is 0.285 e. The highest BCUT2D eigenvalue weighted by molar-refractivity contribution is 7.13. The van der Waals surface area contributed by atoms with Crippen LogP contribution >= 0.6 is 11.3 Å². The summed E-state index contributed by atoms with van der Waals surface area (Å²) in [6.45, 7) is 0. The van der Waals surface area contributed by atoms with Gasteiger partial charge in [-0.25, -0.2) is 4.98 Å². The average Bonchev–Trinajstić information content (AvgIpc) is 3.03.